The first kappa shape index (κ1) is 26.4. The third-order valence-corrected chi connectivity index (χ3v) is 6.27. The van der Waals surface area contributed by atoms with E-state index in [1.807, 2.05) is 36.4 Å². The molecule has 188 valence electrons. The number of carbonyl (C=O) groups excluding carboxylic acids is 3. The first-order valence-corrected chi connectivity index (χ1v) is 12.9. The Morgan fingerprint density at radius 1 is 0.743 bits per heavy atom. The van der Waals surface area contributed by atoms with E-state index in [0.29, 0.717) is 13.0 Å². The van der Waals surface area contributed by atoms with Crippen LogP contribution in [0.5, 0.6) is 0 Å². The summed E-state index contributed by atoms with van der Waals surface area (Å²) in [5.74, 6) is -1.07. The first-order chi connectivity index (χ1) is 17.1. The fourth-order valence-corrected chi connectivity index (χ4v) is 4.27. The van der Waals surface area contributed by atoms with Gasteiger partial charge in [0.1, 0.15) is 18.6 Å². The number of ether oxygens (including phenoxy) is 1. The summed E-state index contributed by atoms with van der Waals surface area (Å²) in [6.07, 6.45) is 13.6. The molecule has 2 aromatic rings. The van der Waals surface area contributed by atoms with Crippen molar-refractivity contribution in [1.82, 2.24) is 10.6 Å². The topological polar surface area (TPSA) is 88.4 Å². The minimum Gasteiger partial charge on any atom is -0.466 e. The molecular formula is C28H38N3O4+. The summed E-state index contributed by atoms with van der Waals surface area (Å²) in [6.45, 7) is 1.43. The maximum atomic E-state index is 12.4. The van der Waals surface area contributed by atoms with Gasteiger partial charge in [0.2, 0.25) is 11.8 Å². The predicted octanol–water partition coefficient (Wildman–Crippen LogP) is 3.25. The Bertz CT molecular complexity index is 920. The van der Waals surface area contributed by atoms with Crippen molar-refractivity contribution in [3.63, 3.8) is 0 Å². The summed E-state index contributed by atoms with van der Waals surface area (Å²) in [6, 6.07) is 14.2. The number of aryl methyl sites for hydroxylation is 1. The van der Waals surface area contributed by atoms with Crippen LogP contribution in [0.3, 0.4) is 0 Å². The van der Waals surface area contributed by atoms with E-state index in [4.69, 9.17) is 4.74 Å². The van der Waals surface area contributed by atoms with Crippen LogP contribution >= 0.6 is 0 Å². The average Bonchev–Trinajstić information content (AvgIpc) is 2.87. The van der Waals surface area contributed by atoms with Gasteiger partial charge in [0.25, 0.3) is 0 Å². The molecule has 1 saturated heterocycles. The Morgan fingerprint density at radius 2 is 1.31 bits per heavy atom. The molecule has 0 aliphatic carbocycles. The van der Waals surface area contributed by atoms with Crippen molar-refractivity contribution in [3.8, 4) is 0 Å². The van der Waals surface area contributed by atoms with Gasteiger partial charge in [-0.2, -0.15) is 0 Å². The molecule has 3 rings (SSSR count). The first-order valence-electron chi connectivity index (χ1n) is 12.9. The lowest BCUT2D eigenvalue weighted by Gasteiger charge is -2.29. The number of nitrogens with one attached hydrogen (secondary N) is 2. The highest BCUT2D eigenvalue weighted by Crippen LogP contribution is 2.11. The molecule has 2 atom stereocenters. The van der Waals surface area contributed by atoms with Crippen LogP contribution in [0.25, 0.3) is 0 Å². The van der Waals surface area contributed by atoms with Gasteiger partial charge in [0, 0.05) is 25.0 Å². The maximum Gasteiger partial charge on any atom is 0.308 e. The predicted molar refractivity (Wildman–Crippen MR) is 133 cm³/mol. The van der Waals surface area contributed by atoms with Crippen molar-refractivity contribution in [1.29, 1.82) is 0 Å². The van der Waals surface area contributed by atoms with Gasteiger partial charge in [-0.25, -0.2) is 4.57 Å². The van der Waals surface area contributed by atoms with Gasteiger partial charge in [-0.05, 0) is 18.4 Å². The van der Waals surface area contributed by atoms with E-state index in [2.05, 4.69) is 39.7 Å². The van der Waals surface area contributed by atoms with Gasteiger partial charge >= 0.3 is 5.97 Å². The molecule has 0 radical (unpaired) electrons. The largest absolute Gasteiger partial charge is 0.466 e. The lowest BCUT2D eigenvalue weighted by molar-refractivity contribution is -0.697. The molecule has 2 N–H and O–H groups in total. The Morgan fingerprint density at radius 3 is 2.03 bits per heavy atom. The number of rotatable bonds is 15. The third kappa shape index (κ3) is 9.89. The number of piperazine rings is 1. The highest BCUT2D eigenvalue weighted by atomic mass is 16.5. The van der Waals surface area contributed by atoms with Crippen LogP contribution in [0.2, 0.25) is 0 Å². The van der Waals surface area contributed by atoms with Crippen molar-refractivity contribution < 1.29 is 23.7 Å². The molecule has 1 aromatic carbocycles. The Labute approximate surface area is 208 Å². The fraction of sp³-hybridized carbons (Fsp3) is 0.500. The molecule has 7 heteroatoms. The Kier molecular flexibility index (Phi) is 11.2. The van der Waals surface area contributed by atoms with E-state index >= 15 is 0 Å². The number of benzene rings is 1. The van der Waals surface area contributed by atoms with E-state index < -0.39 is 18.1 Å². The number of unbranched alkanes of at least 4 members (excludes halogenated alkanes) is 7. The minimum atomic E-state index is -0.873. The highest BCUT2D eigenvalue weighted by molar-refractivity contribution is 5.98. The summed E-state index contributed by atoms with van der Waals surface area (Å²) >= 11 is 0. The summed E-state index contributed by atoms with van der Waals surface area (Å²) in [7, 11) is 0. The van der Waals surface area contributed by atoms with Gasteiger partial charge in [-0.15, -0.1) is 0 Å². The molecule has 1 fully saturated rings. The number of carbonyl (C=O) groups is 3. The fourth-order valence-electron chi connectivity index (χ4n) is 4.27. The number of hydrogen-bond acceptors (Lipinski definition) is 4. The number of esters is 1. The molecule has 0 bridgehead atoms. The minimum absolute atomic E-state index is 0.142. The second-order valence-corrected chi connectivity index (χ2v) is 9.18. The zero-order valence-corrected chi connectivity index (χ0v) is 20.5. The number of amides is 2. The van der Waals surface area contributed by atoms with Gasteiger partial charge in [0.05, 0.1) is 13.0 Å². The van der Waals surface area contributed by atoms with Crippen LogP contribution in [0.15, 0.2) is 60.9 Å². The monoisotopic (exact) mass is 480 g/mol. The molecule has 7 nitrogen and oxygen atoms in total. The molecule has 1 aromatic heterocycles. The number of pyridine rings is 1. The summed E-state index contributed by atoms with van der Waals surface area (Å²) in [5.41, 5.74) is 0.966. The Balaban J connectivity index is 1.18. The second-order valence-electron chi connectivity index (χ2n) is 9.18. The number of nitrogens with zero attached hydrogens (tertiary/aromatic N) is 1. The van der Waals surface area contributed by atoms with E-state index in [9.17, 15) is 14.4 Å². The van der Waals surface area contributed by atoms with E-state index in [1.165, 1.54) is 32.1 Å². The van der Waals surface area contributed by atoms with E-state index in [0.717, 1.165) is 31.4 Å². The van der Waals surface area contributed by atoms with Crippen molar-refractivity contribution in [2.45, 2.75) is 82.8 Å². The molecule has 0 unspecified atom stereocenters. The standard InChI is InChI=1S/C28H37N3O4/c32-26(22-25-28(34)29-24(27(33)30-25)21-23-15-9-7-10-16-23)35-20-14-6-4-2-1-3-5-11-17-31-18-12-8-13-19-31/h7-10,12-13,15-16,18-19,24-25H,1-6,11,14,17,20-22H2,(H-,29,30,33,34)/p+1/t24-,25-/m0/s1. The van der Waals surface area contributed by atoms with Crippen LogP contribution in [0.4, 0.5) is 0 Å². The molecule has 2 amide bonds. The Hall–Kier alpha value is -3.22. The van der Waals surface area contributed by atoms with Crippen molar-refractivity contribution in [3.05, 3.63) is 66.5 Å². The molecular weight excluding hydrogens is 442 g/mol. The molecule has 1 aliphatic rings. The third-order valence-electron chi connectivity index (χ3n) is 6.27. The van der Waals surface area contributed by atoms with Crippen LogP contribution in [0.1, 0.15) is 63.4 Å². The normalized spacial score (nSPS) is 17.5. The van der Waals surface area contributed by atoms with E-state index in [-0.39, 0.29) is 18.2 Å². The van der Waals surface area contributed by atoms with Gasteiger partial charge in [0.15, 0.2) is 12.4 Å². The zero-order valence-electron chi connectivity index (χ0n) is 20.5. The lowest BCUT2D eigenvalue weighted by atomic mass is 10.0. The highest BCUT2D eigenvalue weighted by Gasteiger charge is 2.35. The van der Waals surface area contributed by atoms with Crippen LogP contribution in [0, 0.1) is 0 Å². The van der Waals surface area contributed by atoms with Gasteiger partial charge in [-0.1, -0.05) is 68.5 Å². The molecule has 0 spiro atoms. The molecule has 2 heterocycles. The number of aromatic nitrogens is 1. The molecule has 35 heavy (non-hydrogen) atoms. The summed E-state index contributed by atoms with van der Waals surface area (Å²) in [4.78, 5) is 36.8. The lowest BCUT2D eigenvalue weighted by Crippen LogP contribution is -2.62. The zero-order chi connectivity index (χ0) is 24.7. The summed E-state index contributed by atoms with van der Waals surface area (Å²) in [5, 5.41) is 5.39. The smallest absolute Gasteiger partial charge is 0.308 e. The number of hydrogen-bond donors (Lipinski definition) is 2. The van der Waals surface area contributed by atoms with Gasteiger partial charge < -0.3 is 15.4 Å². The van der Waals surface area contributed by atoms with Crippen LogP contribution in [-0.2, 0) is 32.1 Å². The van der Waals surface area contributed by atoms with E-state index in [1.54, 1.807) is 0 Å². The second kappa shape index (κ2) is 14.9. The molecule has 1 aliphatic heterocycles. The summed E-state index contributed by atoms with van der Waals surface area (Å²) < 4.78 is 7.50. The van der Waals surface area contributed by atoms with Gasteiger partial charge in [-0.3, -0.25) is 14.4 Å². The van der Waals surface area contributed by atoms with Crippen molar-refractivity contribution in [2.75, 3.05) is 6.61 Å². The van der Waals surface area contributed by atoms with Crippen LogP contribution in [-0.4, -0.2) is 36.5 Å². The SMILES string of the molecule is O=C(C[C@@H]1NC(=O)[C@H](Cc2ccccc2)NC1=O)OCCCCCCCCCC[n+]1ccccc1. The van der Waals surface area contributed by atoms with Crippen molar-refractivity contribution in [2.24, 2.45) is 0 Å². The quantitative estimate of drug-likeness (QED) is 0.233. The maximum absolute atomic E-state index is 12.4. The van der Waals surface area contributed by atoms with Crippen LogP contribution < -0.4 is 15.2 Å². The average molecular weight is 481 g/mol. The van der Waals surface area contributed by atoms with Crippen molar-refractivity contribution >= 4 is 17.8 Å². The molecule has 0 saturated carbocycles.